The molecule has 1 aliphatic rings. The van der Waals surface area contributed by atoms with Crippen molar-refractivity contribution in [3.8, 4) is 0 Å². The van der Waals surface area contributed by atoms with E-state index in [1.54, 1.807) is 0 Å². The Morgan fingerprint density at radius 3 is 2.85 bits per heavy atom. The third-order valence-electron chi connectivity index (χ3n) is 2.82. The van der Waals surface area contributed by atoms with E-state index in [1.165, 1.54) is 0 Å². The summed E-state index contributed by atoms with van der Waals surface area (Å²) >= 11 is 0. The molecule has 1 rings (SSSR count). The molecule has 0 heterocycles. The summed E-state index contributed by atoms with van der Waals surface area (Å²) in [5.41, 5.74) is 5.49. The summed E-state index contributed by atoms with van der Waals surface area (Å²) in [7, 11) is 0. The summed E-state index contributed by atoms with van der Waals surface area (Å²) in [5, 5.41) is 8.70. The normalized spacial score (nSPS) is 31.4. The van der Waals surface area contributed by atoms with Crippen molar-refractivity contribution in [3.05, 3.63) is 0 Å². The van der Waals surface area contributed by atoms with Gasteiger partial charge in [0.25, 0.3) is 0 Å². The summed E-state index contributed by atoms with van der Waals surface area (Å²) < 4.78 is 0. The topological polar surface area (TPSA) is 80.4 Å². The molecule has 0 aromatic rings. The molecule has 1 fully saturated rings. The summed E-state index contributed by atoms with van der Waals surface area (Å²) in [6.07, 6.45) is 1.67. The van der Waals surface area contributed by atoms with Crippen molar-refractivity contribution in [2.45, 2.75) is 32.2 Å². The fourth-order valence-corrected chi connectivity index (χ4v) is 1.83. The first-order valence-corrected chi connectivity index (χ1v) is 4.52. The number of carbonyl (C=O) groups is 2. The van der Waals surface area contributed by atoms with Gasteiger partial charge in [0.05, 0.1) is 0 Å². The van der Waals surface area contributed by atoms with Crippen molar-refractivity contribution in [1.29, 1.82) is 0 Å². The van der Waals surface area contributed by atoms with Gasteiger partial charge >= 0.3 is 5.97 Å². The molecular formula is C9H15NO3. The summed E-state index contributed by atoms with van der Waals surface area (Å²) in [5.74, 6) is -0.811. The highest BCUT2D eigenvalue weighted by atomic mass is 16.4. The molecule has 0 aliphatic heterocycles. The number of carboxylic acids is 1. The second-order valence-electron chi connectivity index (χ2n) is 3.79. The number of aliphatic carboxylic acids is 1. The lowest BCUT2D eigenvalue weighted by atomic mass is 9.76. The quantitative estimate of drug-likeness (QED) is 0.652. The molecule has 0 radical (unpaired) electrons. The maximum absolute atomic E-state index is 11.1. The van der Waals surface area contributed by atoms with Crippen molar-refractivity contribution < 1.29 is 14.7 Å². The lowest BCUT2D eigenvalue weighted by Gasteiger charge is -2.30. The zero-order valence-corrected chi connectivity index (χ0v) is 7.69. The van der Waals surface area contributed by atoms with Crippen LogP contribution in [0.5, 0.6) is 0 Å². The van der Waals surface area contributed by atoms with Gasteiger partial charge in [-0.1, -0.05) is 6.92 Å². The highest BCUT2D eigenvalue weighted by molar-refractivity contribution is 5.81. The third-order valence-corrected chi connectivity index (χ3v) is 2.82. The molecule has 0 spiro atoms. The van der Waals surface area contributed by atoms with Crippen molar-refractivity contribution in [2.75, 3.05) is 0 Å². The van der Waals surface area contributed by atoms with E-state index in [2.05, 4.69) is 0 Å². The fourth-order valence-electron chi connectivity index (χ4n) is 1.83. The molecular weight excluding hydrogens is 170 g/mol. The smallest absolute Gasteiger partial charge is 0.320 e. The van der Waals surface area contributed by atoms with Crippen LogP contribution in [0.25, 0.3) is 0 Å². The Hall–Kier alpha value is -0.900. The number of rotatable bonds is 2. The Labute approximate surface area is 77.1 Å². The third kappa shape index (κ3) is 2.28. The van der Waals surface area contributed by atoms with Crippen molar-refractivity contribution in [2.24, 2.45) is 17.6 Å². The molecule has 1 saturated carbocycles. The van der Waals surface area contributed by atoms with Gasteiger partial charge in [0.1, 0.15) is 11.8 Å². The molecule has 3 N–H and O–H groups in total. The SMILES string of the molecule is CC1CCC(=O)CC1C(N)C(=O)O. The number of hydrogen-bond donors (Lipinski definition) is 2. The molecule has 4 nitrogen and oxygen atoms in total. The molecule has 13 heavy (non-hydrogen) atoms. The highest BCUT2D eigenvalue weighted by Crippen LogP contribution is 2.29. The Kier molecular flexibility index (Phi) is 3.03. The first-order valence-electron chi connectivity index (χ1n) is 4.52. The molecule has 74 valence electrons. The van der Waals surface area contributed by atoms with Gasteiger partial charge < -0.3 is 10.8 Å². The van der Waals surface area contributed by atoms with Gasteiger partial charge in [0.2, 0.25) is 0 Å². The lowest BCUT2D eigenvalue weighted by Crippen LogP contribution is -2.43. The minimum Gasteiger partial charge on any atom is -0.480 e. The van der Waals surface area contributed by atoms with E-state index in [-0.39, 0.29) is 17.6 Å². The minimum atomic E-state index is -1.01. The average Bonchev–Trinajstić information content (AvgIpc) is 2.08. The Morgan fingerprint density at radius 1 is 1.69 bits per heavy atom. The van der Waals surface area contributed by atoms with Crippen molar-refractivity contribution in [1.82, 2.24) is 0 Å². The summed E-state index contributed by atoms with van der Waals surface area (Å²) in [4.78, 5) is 21.7. The Balaban J connectivity index is 2.65. The van der Waals surface area contributed by atoms with Gasteiger partial charge in [-0.05, 0) is 18.3 Å². The van der Waals surface area contributed by atoms with Gasteiger partial charge in [0.15, 0.2) is 0 Å². The van der Waals surface area contributed by atoms with Crippen LogP contribution in [0.1, 0.15) is 26.2 Å². The second kappa shape index (κ2) is 3.87. The van der Waals surface area contributed by atoms with E-state index in [9.17, 15) is 9.59 Å². The predicted molar refractivity (Wildman–Crippen MR) is 47.1 cm³/mol. The van der Waals surface area contributed by atoms with Crippen LogP contribution in [0.3, 0.4) is 0 Å². The fraction of sp³-hybridized carbons (Fsp3) is 0.778. The first-order chi connectivity index (χ1) is 6.02. The van der Waals surface area contributed by atoms with E-state index in [1.807, 2.05) is 6.92 Å². The molecule has 0 aromatic carbocycles. The first kappa shape index (κ1) is 10.2. The van der Waals surface area contributed by atoms with E-state index >= 15 is 0 Å². The predicted octanol–water partition coefficient (Wildman–Crippen LogP) is 0.404. The maximum Gasteiger partial charge on any atom is 0.320 e. The second-order valence-corrected chi connectivity index (χ2v) is 3.79. The van der Waals surface area contributed by atoms with Gasteiger partial charge in [-0.2, -0.15) is 0 Å². The van der Waals surface area contributed by atoms with Crippen LogP contribution in [-0.4, -0.2) is 22.9 Å². The highest BCUT2D eigenvalue weighted by Gasteiger charge is 2.33. The molecule has 3 atom stereocenters. The van der Waals surface area contributed by atoms with Crippen LogP contribution in [0.4, 0.5) is 0 Å². The maximum atomic E-state index is 11.1. The zero-order chi connectivity index (χ0) is 10.0. The van der Waals surface area contributed by atoms with Crippen molar-refractivity contribution >= 4 is 11.8 Å². The summed E-state index contributed by atoms with van der Waals surface area (Å²) in [6, 6.07) is -0.890. The summed E-state index contributed by atoms with van der Waals surface area (Å²) in [6.45, 7) is 1.96. The number of nitrogens with two attached hydrogens (primary N) is 1. The molecule has 3 unspecified atom stereocenters. The van der Waals surface area contributed by atoms with Crippen LogP contribution in [0.2, 0.25) is 0 Å². The van der Waals surface area contributed by atoms with E-state index in [4.69, 9.17) is 10.8 Å². The molecule has 4 heteroatoms. The molecule has 0 aromatic heterocycles. The van der Waals surface area contributed by atoms with Gasteiger partial charge in [-0.3, -0.25) is 9.59 Å². The minimum absolute atomic E-state index is 0.139. The van der Waals surface area contributed by atoms with Gasteiger partial charge in [-0.15, -0.1) is 0 Å². The molecule has 0 saturated heterocycles. The van der Waals surface area contributed by atoms with E-state index < -0.39 is 12.0 Å². The van der Waals surface area contributed by atoms with Gasteiger partial charge in [-0.25, -0.2) is 0 Å². The van der Waals surface area contributed by atoms with Crippen molar-refractivity contribution in [3.63, 3.8) is 0 Å². The largest absolute Gasteiger partial charge is 0.480 e. The monoisotopic (exact) mass is 185 g/mol. The van der Waals surface area contributed by atoms with Crippen LogP contribution in [0.15, 0.2) is 0 Å². The van der Waals surface area contributed by atoms with E-state index in [0.717, 1.165) is 6.42 Å². The lowest BCUT2D eigenvalue weighted by molar-refractivity contribution is -0.141. The number of carboxylic acid groups (broad SMARTS) is 1. The standard InChI is InChI=1S/C9H15NO3/c1-5-2-3-6(11)4-7(5)8(10)9(12)13/h5,7-8H,2-4,10H2,1H3,(H,12,13). The zero-order valence-electron chi connectivity index (χ0n) is 7.69. The average molecular weight is 185 g/mol. The Bertz CT molecular complexity index is 225. The number of Topliss-reactive ketones (excluding diaryl/α,β-unsaturated/α-hetero) is 1. The van der Waals surface area contributed by atoms with Crippen LogP contribution < -0.4 is 5.73 Å². The number of hydrogen-bond acceptors (Lipinski definition) is 3. The molecule has 0 amide bonds. The van der Waals surface area contributed by atoms with Crippen LogP contribution >= 0.6 is 0 Å². The Morgan fingerprint density at radius 2 is 2.31 bits per heavy atom. The van der Waals surface area contributed by atoms with Gasteiger partial charge in [0, 0.05) is 12.8 Å². The number of carbonyl (C=O) groups excluding carboxylic acids is 1. The number of ketones is 1. The van der Waals surface area contributed by atoms with Crippen LogP contribution in [-0.2, 0) is 9.59 Å². The van der Waals surface area contributed by atoms with E-state index in [0.29, 0.717) is 12.8 Å². The van der Waals surface area contributed by atoms with Crippen LogP contribution in [0, 0.1) is 11.8 Å². The molecule has 0 bridgehead atoms. The molecule has 1 aliphatic carbocycles.